The molecule has 3 aromatic heterocycles. The van der Waals surface area contributed by atoms with Gasteiger partial charge in [-0.1, -0.05) is 31.0 Å². The second-order valence-electron chi connectivity index (χ2n) is 7.27. The fourth-order valence-corrected chi connectivity index (χ4v) is 3.91. The van der Waals surface area contributed by atoms with Gasteiger partial charge in [0, 0.05) is 11.8 Å². The molecular weight excluding hydrogens is 369 g/mol. The normalized spacial score (nSPS) is 14.5. The van der Waals surface area contributed by atoms with Crippen molar-refractivity contribution in [3.63, 3.8) is 0 Å². The predicted molar refractivity (Wildman–Crippen MR) is 106 cm³/mol. The van der Waals surface area contributed by atoms with E-state index in [2.05, 4.69) is 20.3 Å². The van der Waals surface area contributed by atoms with Crippen LogP contribution in [0.5, 0.6) is 5.88 Å². The van der Waals surface area contributed by atoms with Crippen LogP contribution in [0.1, 0.15) is 42.9 Å². The molecule has 1 fully saturated rings. The van der Waals surface area contributed by atoms with Gasteiger partial charge < -0.3 is 4.74 Å². The SMILES string of the molecule is Fc1ccccc1-c1nnc2cc(C3CCCC3)c(OCc3ccccn3)nn12. The van der Waals surface area contributed by atoms with Gasteiger partial charge in [-0.3, -0.25) is 4.98 Å². The van der Waals surface area contributed by atoms with Crippen molar-refractivity contribution in [3.05, 3.63) is 71.8 Å². The van der Waals surface area contributed by atoms with Crippen LogP contribution in [0.25, 0.3) is 17.0 Å². The highest BCUT2D eigenvalue weighted by atomic mass is 19.1. The van der Waals surface area contributed by atoms with Crippen LogP contribution < -0.4 is 4.74 Å². The lowest BCUT2D eigenvalue weighted by Gasteiger charge is -2.15. The molecule has 1 aliphatic rings. The summed E-state index contributed by atoms with van der Waals surface area (Å²) in [6.45, 7) is 0.316. The number of aromatic nitrogens is 5. The molecule has 0 atom stereocenters. The summed E-state index contributed by atoms with van der Waals surface area (Å²) in [4.78, 5) is 4.32. The van der Waals surface area contributed by atoms with E-state index in [9.17, 15) is 4.39 Å². The van der Waals surface area contributed by atoms with Gasteiger partial charge in [0.15, 0.2) is 11.5 Å². The van der Waals surface area contributed by atoms with Crippen molar-refractivity contribution in [1.82, 2.24) is 24.8 Å². The Morgan fingerprint density at radius 1 is 1.03 bits per heavy atom. The highest BCUT2D eigenvalue weighted by Crippen LogP contribution is 2.39. The lowest BCUT2D eigenvalue weighted by molar-refractivity contribution is 0.279. The Morgan fingerprint density at radius 2 is 1.86 bits per heavy atom. The lowest BCUT2D eigenvalue weighted by atomic mass is 9.99. The van der Waals surface area contributed by atoms with E-state index in [4.69, 9.17) is 4.74 Å². The average molecular weight is 389 g/mol. The molecule has 0 N–H and O–H groups in total. The topological polar surface area (TPSA) is 65.2 Å². The van der Waals surface area contributed by atoms with Crippen molar-refractivity contribution in [1.29, 1.82) is 0 Å². The predicted octanol–water partition coefficient (Wildman–Crippen LogP) is 4.56. The van der Waals surface area contributed by atoms with Gasteiger partial charge in [-0.05, 0) is 49.1 Å². The number of ether oxygens (including phenoxy) is 1. The van der Waals surface area contributed by atoms with Crippen LogP contribution in [0.2, 0.25) is 0 Å². The minimum atomic E-state index is -0.362. The molecule has 7 heteroatoms. The third kappa shape index (κ3) is 3.44. The molecule has 29 heavy (non-hydrogen) atoms. The van der Waals surface area contributed by atoms with Gasteiger partial charge in [-0.2, -0.15) is 4.52 Å². The zero-order valence-corrected chi connectivity index (χ0v) is 15.8. The maximum Gasteiger partial charge on any atom is 0.235 e. The summed E-state index contributed by atoms with van der Waals surface area (Å²) in [6.07, 6.45) is 6.34. The molecule has 0 spiro atoms. The summed E-state index contributed by atoms with van der Waals surface area (Å²) in [5, 5.41) is 13.1. The fraction of sp³-hybridized carbons (Fsp3) is 0.273. The summed E-state index contributed by atoms with van der Waals surface area (Å²) in [5.74, 6) is 0.922. The molecule has 5 rings (SSSR count). The molecule has 0 saturated heterocycles. The van der Waals surface area contributed by atoms with Gasteiger partial charge in [0.1, 0.15) is 12.4 Å². The van der Waals surface area contributed by atoms with E-state index in [0.29, 0.717) is 35.4 Å². The Labute approximate surface area is 167 Å². The van der Waals surface area contributed by atoms with Crippen LogP contribution in [0.3, 0.4) is 0 Å². The molecule has 0 amide bonds. The Morgan fingerprint density at radius 3 is 2.66 bits per heavy atom. The van der Waals surface area contributed by atoms with Crippen LogP contribution in [-0.4, -0.2) is 24.8 Å². The number of rotatable bonds is 5. The molecule has 0 radical (unpaired) electrons. The fourth-order valence-electron chi connectivity index (χ4n) is 3.91. The maximum absolute atomic E-state index is 14.3. The van der Waals surface area contributed by atoms with Crippen LogP contribution in [0.4, 0.5) is 4.39 Å². The van der Waals surface area contributed by atoms with Gasteiger partial charge in [-0.15, -0.1) is 15.3 Å². The van der Waals surface area contributed by atoms with Crippen molar-refractivity contribution in [2.75, 3.05) is 0 Å². The van der Waals surface area contributed by atoms with E-state index in [1.54, 1.807) is 28.9 Å². The van der Waals surface area contributed by atoms with Crippen LogP contribution in [0.15, 0.2) is 54.7 Å². The number of pyridine rings is 1. The van der Waals surface area contributed by atoms with E-state index in [0.717, 1.165) is 24.1 Å². The minimum Gasteiger partial charge on any atom is -0.470 e. The molecule has 1 aliphatic carbocycles. The van der Waals surface area contributed by atoms with E-state index < -0.39 is 0 Å². The summed E-state index contributed by atoms with van der Waals surface area (Å²) in [6, 6.07) is 14.2. The van der Waals surface area contributed by atoms with Gasteiger partial charge in [0.2, 0.25) is 5.88 Å². The Kier molecular flexibility index (Phi) is 4.63. The standard InChI is InChI=1S/C22H20FN5O/c23-19-11-4-3-10-17(19)21-26-25-20-13-18(15-7-1-2-8-15)22(27-28(20)21)29-14-16-9-5-6-12-24-16/h3-6,9-13,15H,1-2,7-8,14H2. The van der Waals surface area contributed by atoms with Gasteiger partial charge in [0.05, 0.1) is 11.3 Å². The molecule has 0 aliphatic heterocycles. The molecule has 0 unspecified atom stereocenters. The van der Waals surface area contributed by atoms with Gasteiger partial charge in [-0.25, -0.2) is 4.39 Å². The largest absolute Gasteiger partial charge is 0.470 e. The summed E-state index contributed by atoms with van der Waals surface area (Å²) in [5.41, 5.74) is 2.82. The first-order chi connectivity index (χ1) is 14.3. The molecule has 6 nitrogen and oxygen atoms in total. The third-order valence-corrected chi connectivity index (χ3v) is 5.38. The highest BCUT2D eigenvalue weighted by Gasteiger charge is 2.24. The number of fused-ring (bicyclic) bond motifs is 1. The van der Waals surface area contributed by atoms with Crippen molar-refractivity contribution in [2.45, 2.75) is 38.2 Å². The Hall–Kier alpha value is -3.35. The number of hydrogen-bond donors (Lipinski definition) is 0. The summed E-state index contributed by atoms with van der Waals surface area (Å²) in [7, 11) is 0. The molecule has 1 saturated carbocycles. The van der Waals surface area contributed by atoms with Crippen molar-refractivity contribution in [3.8, 4) is 17.3 Å². The third-order valence-electron chi connectivity index (χ3n) is 5.38. The number of halogens is 1. The van der Waals surface area contributed by atoms with Gasteiger partial charge >= 0.3 is 0 Å². The first-order valence-electron chi connectivity index (χ1n) is 9.83. The van der Waals surface area contributed by atoms with Crippen LogP contribution in [-0.2, 0) is 6.61 Å². The zero-order chi connectivity index (χ0) is 19.6. The maximum atomic E-state index is 14.3. The highest BCUT2D eigenvalue weighted by molar-refractivity contribution is 5.60. The Balaban J connectivity index is 1.58. The number of hydrogen-bond acceptors (Lipinski definition) is 5. The molecule has 0 bridgehead atoms. The van der Waals surface area contributed by atoms with Crippen molar-refractivity contribution < 1.29 is 9.13 Å². The van der Waals surface area contributed by atoms with Gasteiger partial charge in [0.25, 0.3) is 0 Å². The quantitative estimate of drug-likeness (QED) is 0.501. The monoisotopic (exact) mass is 389 g/mol. The van der Waals surface area contributed by atoms with E-state index >= 15 is 0 Å². The molecule has 3 heterocycles. The molecule has 146 valence electrons. The molecular formula is C22H20FN5O. The first kappa shape index (κ1) is 17.7. The second kappa shape index (κ2) is 7.58. The summed E-state index contributed by atoms with van der Waals surface area (Å²) < 4.78 is 22.0. The Bertz CT molecular complexity index is 1140. The molecule has 1 aromatic carbocycles. The zero-order valence-electron chi connectivity index (χ0n) is 15.8. The minimum absolute atomic E-state index is 0.316. The number of benzene rings is 1. The van der Waals surface area contributed by atoms with Crippen LogP contribution in [0, 0.1) is 5.82 Å². The van der Waals surface area contributed by atoms with Crippen molar-refractivity contribution in [2.24, 2.45) is 0 Å². The van der Waals surface area contributed by atoms with E-state index in [-0.39, 0.29) is 5.82 Å². The lowest BCUT2D eigenvalue weighted by Crippen LogP contribution is -2.08. The smallest absolute Gasteiger partial charge is 0.235 e. The summed E-state index contributed by atoms with van der Waals surface area (Å²) >= 11 is 0. The van der Waals surface area contributed by atoms with E-state index in [1.165, 1.54) is 18.9 Å². The molecule has 4 aromatic rings. The second-order valence-corrected chi connectivity index (χ2v) is 7.27. The van der Waals surface area contributed by atoms with E-state index in [1.807, 2.05) is 24.3 Å². The van der Waals surface area contributed by atoms with Crippen molar-refractivity contribution >= 4 is 5.65 Å². The average Bonchev–Trinajstić information content (AvgIpc) is 3.43. The first-order valence-corrected chi connectivity index (χ1v) is 9.83. The van der Waals surface area contributed by atoms with Crippen LogP contribution >= 0.6 is 0 Å². The number of nitrogens with zero attached hydrogens (tertiary/aromatic N) is 5.